The van der Waals surface area contributed by atoms with E-state index >= 15 is 0 Å². The molecule has 2 aromatic carbocycles. The number of carbonyl (C=O) groups is 1. The van der Waals surface area contributed by atoms with Crippen LogP contribution in [-0.2, 0) is 11.3 Å². The number of para-hydroxylation sites is 1. The van der Waals surface area contributed by atoms with Crippen molar-refractivity contribution < 1.29 is 4.79 Å². The number of hydrogen-bond acceptors (Lipinski definition) is 5. The fraction of sp³-hybridized carbons (Fsp3) is 0.241. The van der Waals surface area contributed by atoms with E-state index < -0.39 is 5.91 Å². The number of hydrogen-bond donors (Lipinski definition) is 1. The summed E-state index contributed by atoms with van der Waals surface area (Å²) in [4.78, 5) is 18.0. The van der Waals surface area contributed by atoms with Gasteiger partial charge in [0.15, 0.2) is 0 Å². The summed E-state index contributed by atoms with van der Waals surface area (Å²) in [6.45, 7) is 3.40. The van der Waals surface area contributed by atoms with Crippen molar-refractivity contribution in [1.29, 1.82) is 5.26 Å². The molecule has 0 unspecified atom stereocenters. The lowest BCUT2D eigenvalue weighted by Crippen LogP contribution is -2.26. The maximum Gasteiger partial charge on any atom is 0.261 e. The zero-order chi connectivity index (χ0) is 25.9. The first-order valence-corrected chi connectivity index (χ1v) is 13.4. The summed E-state index contributed by atoms with van der Waals surface area (Å²) < 4.78 is 3.73. The minimum atomic E-state index is -0.394. The summed E-state index contributed by atoms with van der Waals surface area (Å²) >= 11 is 1.84. The third-order valence-electron chi connectivity index (χ3n) is 5.76. The summed E-state index contributed by atoms with van der Waals surface area (Å²) in [5, 5.41) is 17.4. The van der Waals surface area contributed by atoms with Gasteiger partial charge in [-0.25, -0.2) is 9.67 Å². The van der Waals surface area contributed by atoms with Gasteiger partial charge in [0.1, 0.15) is 11.6 Å². The SMILES string of the molecule is CCCCSc1ccc(-c2nn(-c3ccccc3)cc2/C=C(/C#N)C(=O)NCCCn2ccnc2)cc1. The van der Waals surface area contributed by atoms with Crippen LogP contribution in [0.5, 0.6) is 0 Å². The van der Waals surface area contributed by atoms with Crippen LogP contribution in [0.4, 0.5) is 0 Å². The minimum absolute atomic E-state index is 0.0447. The molecule has 0 atom stereocenters. The second-order valence-electron chi connectivity index (χ2n) is 8.52. The lowest BCUT2D eigenvalue weighted by Gasteiger charge is -2.06. The fourth-order valence-corrected chi connectivity index (χ4v) is 4.75. The number of nitrogens with one attached hydrogen (secondary N) is 1. The smallest absolute Gasteiger partial charge is 0.261 e. The number of amides is 1. The van der Waals surface area contributed by atoms with Gasteiger partial charge in [0, 0.05) is 47.7 Å². The van der Waals surface area contributed by atoms with Gasteiger partial charge >= 0.3 is 0 Å². The highest BCUT2D eigenvalue weighted by Gasteiger charge is 2.15. The number of benzene rings is 2. The van der Waals surface area contributed by atoms with Gasteiger partial charge in [0.25, 0.3) is 5.91 Å². The lowest BCUT2D eigenvalue weighted by molar-refractivity contribution is -0.117. The minimum Gasteiger partial charge on any atom is -0.351 e. The van der Waals surface area contributed by atoms with Crippen molar-refractivity contribution >= 4 is 23.7 Å². The van der Waals surface area contributed by atoms with E-state index in [2.05, 4.69) is 35.4 Å². The average molecular weight is 511 g/mol. The van der Waals surface area contributed by atoms with E-state index in [1.165, 1.54) is 17.7 Å². The van der Waals surface area contributed by atoms with Crippen molar-refractivity contribution in [2.45, 2.75) is 37.6 Å². The summed E-state index contributed by atoms with van der Waals surface area (Å²) in [5.41, 5.74) is 3.30. The second kappa shape index (κ2) is 13.3. The van der Waals surface area contributed by atoms with Crippen LogP contribution in [0.2, 0.25) is 0 Å². The van der Waals surface area contributed by atoms with Gasteiger partial charge in [-0.3, -0.25) is 4.79 Å². The van der Waals surface area contributed by atoms with Crippen molar-refractivity contribution in [1.82, 2.24) is 24.6 Å². The predicted octanol–water partition coefficient (Wildman–Crippen LogP) is 5.74. The van der Waals surface area contributed by atoms with Gasteiger partial charge in [0.2, 0.25) is 0 Å². The molecule has 0 aliphatic heterocycles. The second-order valence-corrected chi connectivity index (χ2v) is 9.69. The van der Waals surface area contributed by atoms with Crippen molar-refractivity contribution in [2.75, 3.05) is 12.3 Å². The summed E-state index contributed by atoms with van der Waals surface area (Å²) in [6, 6.07) is 20.1. The number of imidazole rings is 1. The van der Waals surface area contributed by atoms with Crippen molar-refractivity contribution in [3.8, 4) is 23.0 Å². The number of thioether (sulfide) groups is 1. The maximum absolute atomic E-state index is 12.8. The topological polar surface area (TPSA) is 88.5 Å². The molecule has 0 aliphatic rings. The average Bonchev–Trinajstić information content (AvgIpc) is 3.61. The zero-order valence-electron chi connectivity index (χ0n) is 20.9. The van der Waals surface area contributed by atoms with Gasteiger partial charge in [-0.1, -0.05) is 43.7 Å². The molecule has 1 amide bonds. The van der Waals surface area contributed by atoms with Crippen LogP contribution in [0.25, 0.3) is 23.0 Å². The third-order valence-corrected chi connectivity index (χ3v) is 6.86. The molecule has 7 nitrogen and oxygen atoms in total. The quantitative estimate of drug-likeness (QED) is 0.114. The highest BCUT2D eigenvalue weighted by molar-refractivity contribution is 7.99. The summed E-state index contributed by atoms with van der Waals surface area (Å²) in [7, 11) is 0. The van der Waals surface area contributed by atoms with E-state index in [0.29, 0.717) is 12.1 Å². The monoisotopic (exact) mass is 510 g/mol. The number of carbonyl (C=O) groups excluding carboxylic acids is 1. The highest BCUT2D eigenvalue weighted by Crippen LogP contribution is 2.28. The molecular weight excluding hydrogens is 480 g/mol. The molecule has 0 bridgehead atoms. The first-order chi connectivity index (χ1) is 18.2. The summed E-state index contributed by atoms with van der Waals surface area (Å²) in [6.07, 6.45) is 11.9. The first-order valence-electron chi connectivity index (χ1n) is 12.4. The Morgan fingerprint density at radius 1 is 1.14 bits per heavy atom. The van der Waals surface area contributed by atoms with Gasteiger partial charge in [-0.2, -0.15) is 10.4 Å². The third kappa shape index (κ3) is 7.21. The Bertz CT molecular complexity index is 1350. The Hall–Kier alpha value is -4.09. The molecule has 0 aliphatic carbocycles. The van der Waals surface area contributed by atoms with Gasteiger partial charge < -0.3 is 9.88 Å². The van der Waals surface area contributed by atoms with Crippen LogP contribution in [0.3, 0.4) is 0 Å². The number of nitriles is 1. The standard InChI is InChI=1S/C29H30N6OS/c1-2-3-18-37-27-12-10-23(11-13-27)28-25(21-35(33-28)26-8-5-4-6-9-26)19-24(20-30)29(36)32-14-7-16-34-17-15-31-22-34/h4-6,8-13,15,17,19,21-22H,2-3,7,14,16,18H2,1H3,(H,32,36)/b24-19-. The number of aromatic nitrogens is 4. The normalized spacial score (nSPS) is 11.3. The fourth-order valence-electron chi connectivity index (χ4n) is 3.76. The number of rotatable bonds is 12. The molecule has 0 saturated heterocycles. The molecular formula is C29H30N6OS. The lowest BCUT2D eigenvalue weighted by atomic mass is 10.1. The molecule has 0 radical (unpaired) electrons. The van der Waals surface area contributed by atoms with E-state index in [4.69, 9.17) is 5.10 Å². The molecule has 37 heavy (non-hydrogen) atoms. The largest absolute Gasteiger partial charge is 0.351 e. The molecule has 0 spiro atoms. The van der Waals surface area contributed by atoms with Gasteiger partial charge in [0.05, 0.1) is 17.7 Å². The van der Waals surface area contributed by atoms with E-state index in [9.17, 15) is 10.1 Å². The van der Waals surface area contributed by atoms with Crippen LogP contribution in [0, 0.1) is 11.3 Å². The first kappa shape index (κ1) is 26.0. The van der Waals surface area contributed by atoms with E-state index in [0.717, 1.165) is 35.7 Å². The summed E-state index contributed by atoms with van der Waals surface area (Å²) in [5.74, 6) is 0.698. The highest BCUT2D eigenvalue weighted by atomic mass is 32.2. The Balaban J connectivity index is 1.56. The van der Waals surface area contributed by atoms with Crippen molar-refractivity contribution in [3.05, 3.63) is 90.7 Å². The Morgan fingerprint density at radius 3 is 2.65 bits per heavy atom. The molecule has 4 rings (SSSR count). The van der Waals surface area contributed by atoms with Crippen LogP contribution < -0.4 is 5.32 Å². The molecule has 8 heteroatoms. The van der Waals surface area contributed by atoms with Crippen LogP contribution in [-0.4, -0.2) is 37.5 Å². The molecule has 2 aromatic heterocycles. The zero-order valence-corrected chi connectivity index (χ0v) is 21.7. The van der Waals surface area contributed by atoms with E-state index in [1.807, 2.05) is 71.2 Å². The van der Waals surface area contributed by atoms with E-state index in [1.54, 1.807) is 23.3 Å². The molecule has 2 heterocycles. The van der Waals surface area contributed by atoms with Gasteiger partial charge in [-0.05, 0) is 48.9 Å². The molecule has 1 N–H and O–H groups in total. The number of aryl methyl sites for hydroxylation is 1. The number of unbranched alkanes of at least 4 members (excludes halogenated alkanes) is 1. The van der Waals surface area contributed by atoms with Crippen LogP contribution in [0.1, 0.15) is 31.7 Å². The van der Waals surface area contributed by atoms with Gasteiger partial charge in [-0.15, -0.1) is 11.8 Å². The predicted molar refractivity (Wildman–Crippen MR) is 148 cm³/mol. The molecule has 0 saturated carbocycles. The Kier molecular flexibility index (Phi) is 9.33. The maximum atomic E-state index is 12.8. The van der Waals surface area contributed by atoms with Crippen molar-refractivity contribution in [3.63, 3.8) is 0 Å². The molecule has 188 valence electrons. The van der Waals surface area contributed by atoms with E-state index in [-0.39, 0.29) is 5.57 Å². The van der Waals surface area contributed by atoms with Crippen LogP contribution >= 0.6 is 11.8 Å². The Morgan fingerprint density at radius 2 is 1.95 bits per heavy atom. The Labute approximate surface area is 221 Å². The van der Waals surface area contributed by atoms with Crippen molar-refractivity contribution in [2.24, 2.45) is 0 Å². The molecule has 4 aromatic rings. The molecule has 0 fully saturated rings. The van der Waals surface area contributed by atoms with Crippen LogP contribution in [0.15, 0.2) is 90.0 Å². The number of nitrogens with zero attached hydrogens (tertiary/aromatic N) is 5.